The summed E-state index contributed by atoms with van der Waals surface area (Å²) < 4.78 is 27.3. The molecule has 1 aliphatic heterocycles. The van der Waals surface area contributed by atoms with E-state index in [-0.39, 0.29) is 36.1 Å². The molecule has 1 aliphatic rings. The van der Waals surface area contributed by atoms with Crippen molar-refractivity contribution in [3.8, 4) is 0 Å². The lowest BCUT2D eigenvalue weighted by Gasteiger charge is -2.32. The van der Waals surface area contributed by atoms with Crippen molar-refractivity contribution in [3.63, 3.8) is 0 Å². The first-order chi connectivity index (χ1) is 17.6. The number of hydrogen-bond acceptors (Lipinski definition) is 7. The van der Waals surface area contributed by atoms with Crippen molar-refractivity contribution in [2.24, 2.45) is 5.92 Å². The Bertz CT molecular complexity index is 1220. The van der Waals surface area contributed by atoms with Crippen LogP contribution in [0.3, 0.4) is 0 Å². The number of sulfonamides is 1. The molecule has 3 heterocycles. The summed E-state index contributed by atoms with van der Waals surface area (Å²) in [5, 5.41) is 14.3. The highest BCUT2D eigenvalue weighted by molar-refractivity contribution is 7.89. The van der Waals surface area contributed by atoms with E-state index in [2.05, 4.69) is 10.3 Å². The van der Waals surface area contributed by atoms with E-state index in [9.17, 15) is 28.0 Å². The topological polar surface area (TPSA) is 144 Å². The van der Waals surface area contributed by atoms with Gasteiger partial charge in [0.25, 0.3) is 5.91 Å². The smallest absolute Gasteiger partial charge is 0.323 e. The zero-order valence-electron chi connectivity index (χ0n) is 21.2. The average Bonchev–Trinajstić information content (AvgIpc) is 3.05. The van der Waals surface area contributed by atoms with Gasteiger partial charge in [-0.15, -0.1) is 0 Å². The summed E-state index contributed by atoms with van der Waals surface area (Å²) in [6.07, 6.45) is 5.00. The van der Waals surface area contributed by atoms with Crippen LogP contribution in [0.1, 0.15) is 50.4 Å². The summed E-state index contributed by atoms with van der Waals surface area (Å²) in [4.78, 5) is 45.1. The molecule has 0 aliphatic carbocycles. The maximum absolute atomic E-state index is 13.4. The van der Waals surface area contributed by atoms with Gasteiger partial charge in [-0.1, -0.05) is 13.8 Å². The number of aromatic nitrogens is 2. The Balaban J connectivity index is 1.77. The van der Waals surface area contributed by atoms with Crippen LogP contribution in [0.25, 0.3) is 0 Å². The van der Waals surface area contributed by atoms with E-state index in [1.165, 1.54) is 29.3 Å². The van der Waals surface area contributed by atoms with Crippen LogP contribution < -0.4 is 10.0 Å². The average molecular weight is 532 g/mol. The van der Waals surface area contributed by atoms with Crippen molar-refractivity contribution < 1.29 is 27.5 Å². The minimum Gasteiger partial charge on any atom is -0.618 e. The molecule has 0 bridgehead atoms. The number of likely N-dealkylation sites (N-methyl/N-ethyl adjacent to an activating group) is 1. The third-order valence-electron chi connectivity index (χ3n) is 6.21. The number of pyridine rings is 2. The lowest BCUT2D eigenvalue weighted by atomic mass is 9.99. The Labute approximate surface area is 217 Å². The molecule has 1 fully saturated rings. The number of amides is 2. The van der Waals surface area contributed by atoms with Gasteiger partial charge in [0.05, 0.1) is 18.2 Å². The van der Waals surface area contributed by atoms with Crippen molar-refractivity contribution >= 4 is 27.6 Å². The summed E-state index contributed by atoms with van der Waals surface area (Å²) >= 11 is 0. The Hall–Kier alpha value is -3.38. The molecular formula is C25H33N5O6S. The van der Waals surface area contributed by atoms with Crippen LogP contribution in [0.5, 0.6) is 0 Å². The number of Topliss-reactive ketones (excluding diaryl/α,β-unsaturated/α-hetero) is 1. The molecule has 2 amide bonds. The Morgan fingerprint density at radius 3 is 2.65 bits per heavy atom. The van der Waals surface area contributed by atoms with Gasteiger partial charge in [-0.2, -0.15) is 9.04 Å². The highest BCUT2D eigenvalue weighted by Gasteiger charge is 2.38. The SMILES string of the molecule is CCN(C(=O)c1cccnc1)C(CC(C)C)C(=O)N[C@H]1CCCN(S(=O)(=O)c2cccc[n+]2[O-])CC1=O. The molecule has 12 heteroatoms. The predicted molar refractivity (Wildman–Crippen MR) is 135 cm³/mol. The minimum atomic E-state index is -4.20. The number of hydrogen-bond donors (Lipinski definition) is 1. The van der Waals surface area contributed by atoms with Crippen LogP contribution in [0.4, 0.5) is 0 Å². The van der Waals surface area contributed by atoms with Gasteiger partial charge in [-0.3, -0.25) is 19.4 Å². The third-order valence-corrected chi connectivity index (χ3v) is 8.05. The molecule has 2 aromatic heterocycles. The first-order valence-electron chi connectivity index (χ1n) is 12.3. The second-order valence-corrected chi connectivity index (χ2v) is 11.2. The van der Waals surface area contributed by atoms with Crippen molar-refractivity contribution in [3.05, 3.63) is 59.7 Å². The predicted octanol–water partition coefficient (Wildman–Crippen LogP) is 1.13. The maximum atomic E-state index is 13.4. The van der Waals surface area contributed by atoms with Gasteiger partial charge in [-0.05, 0) is 50.3 Å². The molecule has 37 heavy (non-hydrogen) atoms. The van der Waals surface area contributed by atoms with E-state index in [4.69, 9.17) is 0 Å². The molecule has 0 aromatic carbocycles. The fraction of sp³-hybridized carbons (Fsp3) is 0.480. The number of rotatable bonds is 9. The Kier molecular flexibility index (Phi) is 9.33. The lowest BCUT2D eigenvalue weighted by molar-refractivity contribution is -0.646. The number of ketones is 1. The van der Waals surface area contributed by atoms with Gasteiger partial charge in [0.15, 0.2) is 12.0 Å². The summed E-state index contributed by atoms with van der Waals surface area (Å²) in [7, 11) is -4.20. The number of nitrogens with zero attached hydrogens (tertiary/aromatic N) is 4. The third kappa shape index (κ3) is 6.69. The molecule has 1 N–H and O–H groups in total. The summed E-state index contributed by atoms with van der Waals surface area (Å²) in [6, 6.07) is 5.58. The normalized spacial score (nSPS) is 17.7. The molecule has 0 radical (unpaired) electrons. The first-order valence-corrected chi connectivity index (χ1v) is 13.7. The maximum Gasteiger partial charge on any atom is 0.323 e. The van der Waals surface area contributed by atoms with Crippen molar-refractivity contribution in [1.29, 1.82) is 0 Å². The van der Waals surface area contributed by atoms with E-state index in [0.29, 0.717) is 18.4 Å². The van der Waals surface area contributed by atoms with Crippen LogP contribution in [0.2, 0.25) is 0 Å². The van der Waals surface area contributed by atoms with E-state index in [1.807, 2.05) is 13.8 Å². The van der Waals surface area contributed by atoms with Crippen LogP contribution in [-0.2, 0) is 19.6 Å². The molecule has 2 aromatic rings. The van der Waals surface area contributed by atoms with Gasteiger partial charge >= 0.3 is 15.0 Å². The fourth-order valence-corrected chi connectivity index (χ4v) is 5.82. The number of carbonyl (C=O) groups is 3. The zero-order chi connectivity index (χ0) is 27.2. The highest BCUT2D eigenvalue weighted by Crippen LogP contribution is 2.19. The van der Waals surface area contributed by atoms with Gasteiger partial charge in [0, 0.05) is 37.6 Å². The van der Waals surface area contributed by atoms with Gasteiger partial charge in [0.2, 0.25) is 5.91 Å². The van der Waals surface area contributed by atoms with E-state index in [1.54, 1.807) is 25.3 Å². The standard InChI is InChI=1S/C25H33N5O6S/c1-4-29(25(33)19-9-7-12-26-16-19)21(15-18(2)3)24(32)27-20-10-8-13-28(17-22(20)31)37(35,36)23-11-5-6-14-30(23)34/h5-7,9,11-12,14,16,18,20-21H,4,8,10,13,15,17H2,1-3H3,(H,27,32)/t20-,21?/m0/s1. The molecule has 11 nitrogen and oxygen atoms in total. The van der Waals surface area contributed by atoms with Crippen molar-refractivity contribution in [2.75, 3.05) is 19.6 Å². The second kappa shape index (κ2) is 12.2. The largest absolute Gasteiger partial charge is 0.618 e. The van der Waals surface area contributed by atoms with Gasteiger partial charge in [-0.25, -0.2) is 8.42 Å². The van der Waals surface area contributed by atoms with Gasteiger partial charge in [0.1, 0.15) is 6.04 Å². The highest BCUT2D eigenvalue weighted by atomic mass is 32.2. The van der Waals surface area contributed by atoms with E-state index >= 15 is 0 Å². The van der Waals surface area contributed by atoms with E-state index < -0.39 is 45.4 Å². The van der Waals surface area contributed by atoms with E-state index in [0.717, 1.165) is 10.5 Å². The zero-order valence-corrected chi connectivity index (χ0v) is 22.1. The number of nitrogens with one attached hydrogen (secondary N) is 1. The summed E-state index contributed by atoms with van der Waals surface area (Å²) in [5.74, 6) is -1.20. The Morgan fingerprint density at radius 2 is 2.03 bits per heavy atom. The van der Waals surface area contributed by atoms with Crippen molar-refractivity contribution in [1.82, 2.24) is 19.5 Å². The summed E-state index contributed by atoms with van der Waals surface area (Å²) in [5.41, 5.74) is 0.355. The molecule has 1 unspecified atom stereocenters. The molecule has 2 atom stereocenters. The minimum absolute atomic E-state index is 0.0331. The molecule has 1 saturated heterocycles. The number of carbonyl (C=O) groups excluding carboxylic acids is 3. The molecule has 3 rings (SSSR count). The molecule has 0 saturated carbocycles. The monoisotopic (exact) mass is 531 g/mol. The van der Waals surface area contributed by atoms with Gasteiger partial charge < -0.3 is 15.4 Å². The van der Waals surface area contributed by atoms with Crippen LogP contribution in [0.15, 0.2) is 53.9 Å². The second-order valence-electron chi connectivity index (χ2n) is 9.35. The molecule has 0 spiro atoms. The van der Waals surface area contributed by atoms with Crippen molar-refractivity contribution in [2.45, 2.75) is 57.1 Å². The first kappa shape index (κ1) is 28.2. The molecule has 200 valence electrons. The van der Waals surface area contributed by atoms with Crippen LogP contribution in [0, 0.1) is 11.1 Å². The van der Waals surface area contributed by atoms with Crippen LogP contribution >= 0.6 is 0 Å². The quantitative estimate of drug-likeness (QED) is 0.377. The lowest BCUT2D eigenvalue weighted by Crippen LogP contribution is -2.54. The fourth-order valence-electron chi connectivity index (χ4n) is 4.35. The summed E-state index contributed by atoms with van der Waals surface area (Å²) in [6.45, 7) is 5.49. The Morgan fingerprint density at radius 1 is 1.27 bits per heavy atom. The molecular weight excluding hydrogens is 498 g/mol. The van der Waals surface area contributed by atoms with Crippen LogP contribution in [-0.4, -0.2) is 71.9 Å².